The number of carboxylic acid groups (broad SMARTS) is 1. The van der Waals surface area contributed by atoms with Gasteiger partial charge in [0.25, 0.3) is 0 Å². The second kappa shape index (κ2) is 8.22. The third-order valence-corrected chi connectivity index (χ3v) is 4.48. The molecule has 21 heavy (non-hydrogen) atoms. The topological polar surface area (TPSA) is 78.9 Å². The van der Waals surface area contributed by atoms with Crippen LogP contribution >= 0.6 is 0 Å². The first-order valence-electron chi connectivity index (χ1n) is 7.66. The molecule has 0 aromatic carbocycles. The van der Waals surface area contributed by atoms with E-state index in [-0.39, 0.29) is 18.6 Å². The Labute approximate surface area is 126 Å². The minimum atomic E-state index is -0.808. The van der Waals surface area contributed by atoms with Crippen LogP contribution in [0, 0.1) is 5.41 Å². The second-order valence-electron chi connectivity index (χ2n) is 6.07. The smallest absolute Gasteiger partial charge is 0.317 e. The quantitative estimate of drug-likeness (QED) is 0.736. The number of ether oxygens (including phenoxy) is 1. The van der Waals surface area contributed by atoms with Crippen molar-refractivity contribution in [1.82, 2.24) is 10.2 Å². The molecule has 1 atom stereocenters. The van der Waals surface area contributed by atoms with E-state index in [1.54, 1.807) is 19.1 Å². The van der Waals surface area contributed by atoms with Gasteiger partial charge in [-0.2, -0.15) is 0 Å². The summed E-state index contributed by atoms with van der Waals surface area (Å²) in [6.45, 7) is 2.54. The van der Waals surface area contributed by atoms with Gasteiger partial charge in [-0.1, -0.05) is 25.7 Å². The molecule has 6 nitrogen and oxygen atoms in total. The van der Waals surface area contributed by atoms with Crippen LogP contribution in [0.5, 0.6) is 0 Å². The fourth-order valence-corrected chi connectivity index (χ4v) is 2.79. The first-order valence-corrected chi connectivity index (χ1v) is 7.66. The number of nitrogens with one attached hydrogen (secondary N) is 1. The highest BCUT2D eigenvalue weighted by atomic mass is 16.5. The second-order valence-corrected chi connectivity index (χ2v) is 6.07. The maximum Gasteiger partial charge on any atom is 0.317 e. The van der Waals surface area contributed by atoms with Gasteiger partial charge in [0.1, 0.15) is 0 Å². The summed E-state index contributed by atoms with van der Waals surface area (Å²) in [5.41, 5.74) is -0.808. The molecule has 1 aliphatic carbocycles. The van der Waals surface area contributed by atoms with Crippen molar-refractivity contribution in [3.05, 3.63) is 0 Å². The Kier molecular flexibility index (Phi) is 6.95. The van der Waals surface area contributed by atoms with Gasteiger partial charge in [0.2, 0.25) is 0 Å². The van der Waals surface area contributed by atoms with E-state index in [1.807, 2.05) is 6.92 Å². The molecule has 0 aliphatic heterocycles. The first-order chi connectivity index (χ1) is 9.93. The zero-order valence-electron chi connectivity index (χ0n) is 13.4. The fourth-order valence-electron chi connectivity index (χ4n) is 2.79. The number of urea groups is 1. The van der Waals surface area contributed by atoms with E-state index in [2.05, 4.69) is 5.32 Å². The van der Waals surface area contributed by atoms with Gasteiger partial charge in [-0.05, 0) is 19.8 Å². The first kappa shape index (κ1) is 17.8. The summed E-state index contributed by atoms with van der Waals surface area (Å²) in [5.74, 6) is -0.794. The lowest BCUT2D eigenvalue weighted by Crippen LogP contribution is -2.49. The summed E-state index contributed by atoms with van der Waals surface area (Å²) in [6, 6.07) is -0.297. The van der Waals surface area contributed by atoms with Crippen molar-refractivity contribution >= 4 is 12.0 Å². The highest BCUT2D eigenvalue weighted by Gasteiger charge is 2.39. The van der Waals surface area contributed by atoms with E-state index in [9.17, 15) is 14.7 Å². The van der Waals surface area contributed by atoms with E-state index in [0.29, 0.717) is 19.4 Å². The minimum absolute atomic E-state index is 0.0510. The highest BCUT2D eigenvalue weighted by Crippen LogP contribution is 2.34. The van der Waals surface area contributed by atoms with Crippen molar-refractivity contribution in [1.29, 1.82) is 0 Å². The molecule has 0 aromatic rings. The van der Waals surface area contributed by atoms with Crippen molar-refractivity contribution in [3.63, 3.8) is 0 Å². The maximum absolute atomic E-state index is 12.1. The number of carboxylic acids is 1. The van der Waals surface area contributed by atoms with Crippen LogP contribution in [0.4, 0.5) is 4.79 Å². The SMILES string of the molecule is COCC(C)N(C)C(=O)NCC1(C(=O)O)CCCCCC1. The fraction of sp³-hybridized carbons (Fsp3) is 0.867. The summed E-state index contributed by atoms with van der Waals surface area (Å²) < 4.78 is 5.03. The van der Waals surface area contributed by atoms with Gasteiger partial charge in [0, 0.05) is 20.7 Å². The molecule has 2 N–H and O–H groups in total. The molecule has 122 valence electrons. The van der Waals surface area contributed by atoms with Gasteiger partial charge < -0.3 is 20.1 Å². The van der Waals surface area contributed by atoms with Gasteiger partial charge >= 0.3 is 12.0 Å². The minimum Gasteiger partial charge on any atom is -0.481 e. The lowest BCUT2D eigenvalue weighted by atomic mass is 9.80. The third-order valence-electron chi connectivity index (χ3n) is 4.48. The average molecular weight is 300 g/mol. The van der Waals surface area contributed by atoms with E-state index >= 15 is 0 Å². The Bertz CT molecular complexity index is 352. The molecule has 2 amide bonds. The van der Waals surface area contributed by atoms with Crippen molar-refractivity contribution < 1.29 is 19.4 Å². The Morgan fingerprint density at radius 2 is 1.86 bits per heavy atom. The van der Waals surface area contributed by atoms with Gasteiger partial charge in [0.05, 0.1) is 18.1 Å². The van der Waals surface area contributed by atoms with Crippen LogP contribution in [-0.2, 0) is 9.53 Å². The number of carbonyl (C=O) groups is 2. The van der Waals surface area contributed by atoms with E-state index in [4.69, 9.17) is 4.74 Å². The summed E-state index contributed by atoms with van der Waals surface area (Å²) >= 11 is 0. The van der Waals surface area contributed by atoms with Gasteiger partial charge in [-0.15, -0.1) is 0 Å². The molecule has 1 aliphatic rings. The zero-order chi connectivity index (χ0) is 15.9. The molecule has 0 radical (unpaired) electrons. The molecule has 1 saturated carbocycles. The van der Waals surface area contributed by atoms with Gasteiger partial charge in [-0.25, -0.2) is 4.79 Å². The Morgan fingerprint density at radius 1 is 1.29 bits per heavy atom. The van der Waals surface area contributed by atoms with Crippen LogP contribution in [0.15, 0.2) is 0 Å². The number of aliphatic carboxylic acids is 1. The molecular weight excluding hydrogens is 272 g/mol. The Hall–Kier alpha value is -1.30. The van der Waals surface area contributed by atoms with E-state index in [1.165, 1.54) is 0 Å². The molecule has 1 unspecified atom stereocenters. The number of likely N-dealkylation sites (N-methyl/N-ethyl adjacent to an activating group) is 1. The lowest BCUT2D eigenvalue weighted by Gasteiger charge is -2.30. The molecule has 0 saturated heterocycles. The van der Waals surface area contributed by atoms with Crippen LogP contribution in [0.25, 0.3) is 0 Å². The van der Waals surface area contributed by atoms with Crippen molar-refractivity contribution in [2.24, 2.45) is 5.41 Å². The van der Waals surface area contributed by atoms with Crippen LogP contribution < -0.4 is 5.32 Å². The predicted molar refractivity (Wildman–Crippen MR) is 80.3 cm³/mol. The van der Waals surface area contributed by atoms with Gasteiger partial charge in [0.15, 0.2) is 0 Å². The van der Waals surface area contributed by atoms with Crippen LogP contribution in [-0.4, -0.2) is 55.4 Å². The summed E-state index contributed by atoms with van der Waals surface area (Å²) in [7, 11) is 3.28. The van der Waals surface area contributed by atoms with Crippen molar-refractivity contribution in [3.8, 4) is 0 Å². The van der Waals surface area contributed by atoms with Crippen molar-refractivity contribution in [2.45, 2.75) is 51.5 Å². The molecule has 1 fully saturated rings. The molecule has 0 bridgehead atoms. The molecule has 0 spiro atoms. The van der Waals surface area contributed by atoms with Gasteiger partial charge in [-0.3, -0.25) is 4.79 Å². The van der Waals surface area contributed by atoms with E-state index in [0.717, 1.165) is 25.7 Å². The largest absolute Gasteiger partial charge is 0.481 e. The standard InChI is InChI=1S/C15H28N2O4/c1-12(10-21-3)17(2)14(20)16-11-15(13(18)19)8-6-4-5-7-9-15/h12H,4-11H2,1-3H3,(H,16,20)(H,18,19). The number of amides is 2. The van der Waals surface area contributed by atoms with E-state index < -0.39 is 11.4 Å². The third kappa shape index (κ3) is 4.88. The maximum atomic E-state index is 12.1. The molecule has 0 aromatic heterocycles. The summed E-state index contributed by atoms with van der Waals surface area (Å²) in [4.78, 5) is 25.3. The number of hydrogen-bond donors (Lipinski definition) is 2. The molecule has 0 heterocycles. The highest BCUT2D eigenvalue weighted by molar-refractivity contribution is 5.78. The van der Waals surface area contributed by atoms with Crippen LogP contribution in [0.1, 0.15) is 45.4 Å². The number of methoxy groups -OCH3 is 1. The number of nitrogens with zero attached hydrogens (tertiary/aromatic N) is 1. The zero-order valence-corrected chi connectivity index (χ0v) is 13.4. The number of rotatable bonds is 6. The van der Waals surface area contributed by atoms with Crippen LogP contribution in [0.3, 0.4) is 0 Å². The number of carbonyl (C=O) groups excluding carboxylic acids is 1. The Balaban J connectivity index is 2.60. The number of hydrogen-bond acceptors (Lipinski definition) is 3. The summed E-state index contributed by atoms with van der Waals surface area (Å²) in [5, 5.41) is 12.4. The average Bonchev–Trinajstić information content (AvgIpc) is 2.70. The molecule has 6 heteroatoms. The molecular formula is C15H28N2O4. The van der Waals surface area contributed by atoms with Crippen LogP contribution in [0.2, 0.25) is 0 Å². The Morgan fingerprint density at radius 3 is 2.33 bits per heavy atom. The molecule has 1 rings (SSSR count). The normalized spacial score (nSPS) is 19.4. The monoisotopic (exact) mass is 300 g/mol. The lowest BCUT2D eigenvalue weighted by molar-refractivity contribution is -0.149. The van der Waals surface area contributed by atoms with Crippen molar-refractivity contribution in [2.75, 3.05) is 27.3 Å². The summed E-state index contributed by atoms with van der Waals surface area (Å²) in [6.07, 6.45) is 5.26. The predicted octanol–water partition coefficient (Wildman–Crippen LogP) is 2.09.